The van der Waals surface area contributed by atoms with Gasteiger partial charge in [0.2, 0.25) is 0 Å². The van der Waals surface area contributed by atoms with Gasteiger partial charge in [-0.2, -0.15) is 13.2 Å². The lowest BCUT2D eigenvalue weighted by Gasteiger charge is -2.23. The summed E-state index contributed by atoms with van der Waals surface area (Å²) in [6, 6.07) is 17.7. The lowest BCUT2D eigenvalue weighted by atomic mass is 9.97. The average Bonchev–Trinajstić information content (AvgIpc) is 2.73. The number of fused-ring (bicyclic) bond motifs is 1. The Labute approximate surface area is 186 Å². The van der Waals surface area contributed by atoms with Crippen molar-refractivity contribution in [2.75, 3.05) is 11.9 Å². The quantitative estimate of drug-likeness (QED) is 0.322. The highest BCUT2D eigenvalue weighted by atomic mass is 127. The number of amides is 1. The van der Waals surface area contributed by atoms with Gasteiger partial charge in [0.05, 0.1) is 5.56 Å². The zero-order valence-corrected chi connectivity index (χ0v) is 18.0. The van der Waals surface area contributed by atoms with Crippen molar-refractivity contribution in [2.45, 2.75) is 19.1 Å². The molecule has 1 aliphatic rings. The van der Waals surface area contributed by atoms with Crippen LogP contribution in [0.15, 0.2) is 66.7 Å². The number of benzene rings is 3. The topological polar surface area (TPSA) is 32.3 Å². The Morgan fingerprint density at radius 3 is 2.43 bits per heavy atom. The third-order valence-electron chi connectivity index (χ3n) is 5.12. The maximum Gasteiger partial charge on any atom is 0.416 e. The standard InChI is InChI=1S/C23H18F3IN2O/c24-23(25,26)18-8-5-15(6-9-18)20-3-1-2-4-21(20)22(30)28-19-10-7-17-14-29(27)12-11-16(17)13-19/h1-10,13H,11-12,14H2,(H,28,30). The molecule has 154 valence electrons. The number of halogens is 4. The molecule has 0 saturated heterocycles. The third kappa shape index (κ3) is 4.52. The fourth-order valence-electron chi connectivity index (χ4n) is 3.57. The van der Waals surface area contributed by atoms with E-state index in [0.29, 0.717) is 22.4 Å². The predicted octanol–water partition coefficient (Wildman–Crippen LogP) is 6.33. The van der Waals surface area contributed by atoms with E-state index in [4.69, 9.17) is 0 Å². The molecule has 0 spiro atoms. The summed E-state index contributed by atoms with van der Waals surface area (Å²) in [5.74, 6) is -0.295. The maximum absolute atomic E-state index is 13.0. The van der Waals surface area contributed by atoms with Gasteiger partial charge in [0.15, 0.2) is 0 Å². The Morgan fingerprint density at radius 2 is 1.70 bits per heavy atom. The van der Waals surface area contributed by atoms with Crippen molar-refractivity contribution >= 4 is 34.5 Å². The van der Waals surface area contributed by atoms with Crippen LogP contribution in [-0.4, -0.2) is 15.6 Å². The maximum atomic E-state index is 13.0. The number of rotatable bonds is 3. The van der Waals surface area contributed by atoms with Crippen molar-refractivity contribution in [3.05, 3.63) is 89.0 Å². The van der Waals surface area contributed by atoms with Gasteiger partial charge in [-0.3, -0.25) is 4.79 Å². The zero-order valence-electron chi connectivity index (χ0n) is 15.8. The van der Waals surface area contributed by atoms with E-state index in [1.165, 1.54) is 23.3 Å². The molecule has 1 aliphatic heterocycles. The molecule has 0 saturated carbocycles. The first kappa shape index (κ1) is 20.9. The van der Waals surface area contributed by atoms with E-state index in [0.717, 1.165) is 31.6 Å². The van der Waals surface area contributed by atoms with E-state index in [2.05, 4.69) is 31.3 Å². The summed E-state index contributed by atoms with van der Waals surface area (Å²) < 4.78 is 40.8. The van der Waals surface area contributed by atoms with E-state index in [1.54, 1.807) is 24.3 Å². The van der Waals surface area contributed by atoms with Gasteiger partial charge in [-0.25, -0.2) is 3.11 Å². The van der Waals surface area contributed by atoms with E-state index in [1.807, 2.05) is 18.2 Å². The first-order chi connectivity index (χ1) is 14.3. The smallest absolute Gasteiger partial charge is 0.322 e. The number of alkyl halides is 3. The zero-order chi connectivity index (χ0) is 21.3. The molecule has 1 heterocycles. The Bertz CT molecular complexity index is 1080. The van der Waals surface area contributed by atoms with Crippen LogP contribution in [0.3, 0.4) is 0 Å². The fraction of sp³-hybridized carbons (Fsp3) is 0.174. The van der Waals surface area contributed by atoms with Crippen LogP contribution < -0.4 is 5.32 Å². The Hall–Kier alpha value is -2.39. The lowest BCUT2D eigenvalue weighted by Crippen LogP contribution is -2.22. The van der Waals surface area contributed by atoms with Crippen LogP contribution in [0, 0.1) is 0 Å². The van der Waals surface area contributed by atoms with Gasteiger partial charge in [-0.05, 0) is 59.0 Å². The summed E-state index contributed by atoms with van der Waals surface area (Å²) in [6.07, 6.45) is -3.47. The Balaban J connectivity index is 1.59. The van der Waals surface area contributed by atoms with Crippen molar-refractivity contribution in [3.8, 4) is 11.1 Å². The number of hydrogen-bond acceptors (Lipinski definition) is 2. The normalized spacial score (nSPS) is 14.3. The molecule has 3 nitrogen and oxygen atoms in total. The molecule has 1 N–H and O–H groups in total. The summed E-state index contributed by atoms with van der Waals surface area (Å²) in [4.78, 5) is 13.0. The number of anilines is 1. The fourth-order valence-corrected chi connectivity index (χ4v) is 4.18. The second-order valence-electron chi connectivity index (χ2n) is 7.15. The van der Waals surface area contributed by atoms with Crippen molar-refractivity contribution in [1.29, 1.82) is 0 Å². The predicted molar refractivity (Wildman–Crippen MR) is 119 cm³/mol. The molecule has 1 amide bonds. The molecule has 3 aromatic rings. The van der Waals surface area contributed by atoms with Gasteiger partial charge >= 0.3 is 6.18 Å². The minimum absolute atomic E-state index is 0.295. The summed E-state index contributed by atoms with van der Waals surface area (Å²) in [7, 11) is 0. The molecule has 0 radical (unpaired) electrons. The molecule has 7 heteroatoms. The Kier molecular flexibility index (Phi) is 5.84. The second kappa shape index (κ2) is 8.39. The lowest BCUT2D eigenvalue weighted by molar-refractivity contribution is -0.137. The molecule has 30 heavy (non-hydrogen) atoms. The molecule has 0 aliphatic carbocycles. The van der Waals surface area contributed by atoms with E-state index < -0.39 is 11.7 Å². The van der Waals surface area contributed by atoms with Crippen molar-refractivity contribution in [2.24, 2.45) is 0 Å². The van der Waals surface area contributed by atoms with Crippen LogP contribution in [0.25, 0.3) is 11.1 Å². The van der Waals surface area contributed by atoms with Gasteiger partial charge in [0, 0.05) is 47.2 Å². The molecule has 0 fully saturated rings. The first-order valence-electron chi connectivity index (χ1n) is 9.42. The molecular formula is C23H18F3IN2O. The molecule has 0 unspecified atom stereocenters. The van der Waals surface area contributed by atoms with E-state index in [9.17, 15) is 18.0 Å². The van der Waals surface area contributed by atoms with Crippen LogP contribution in [0.5, 0.6) is 0 Å². The summed E-state index contributed by atoms with van der Waals surface area (Å²) in [5.41, 5.74) is 4.02. The Morgan fingerprint density at radius 1 is 0.967 bits per heavy atom. The highest BCUT2D eigenvalue weighted by Crippen LogP contribution is 2.32. The highest BCUT2D eigenvalue weighted by Gasteiger charge is 2.30. The van der Waals surface area contributed by atoms with Crippen molar-refractivity contribution < 1.29 is 18.0 Å². The van der Waals surface area contributed by atoms with Gasteiger partial charge in [0.1, 0.15) is 0 Å². The molecule has 4 rings (SSSR count). The van der Waals surface area contributed by atoms with E-state index in [-0.39, 0.29) is 5.91 Å². The van der Waals surface area contributed by atoms with Crippen molar-refractivity contribution in [3.63, 3.8) is 0 Å². The number of carbonyl (C=O) groups is 1. The van der Waals surface area contributed by atoms with Gasteiger partial charge in [-0.1, -0.05) is 36.4 Å². The number of carbonyl (C=O) groups excluding carboxylic acids is 1. The van der Waals surface area contributed by atoms with Gasteiger partial charge in [-0.15, -0.1) is 0 Å². The van der Waals surface area contributed by atoms with Crippen LogP contribution in [-0.2, 0) is 19.1 Å². The van der Waals surface area contributed by atoms with Crippen molar-refractivity contribution in [1.82, 2.24) is 3.11 Å². The molecule has 0 aromatic heterocycles. The summed E-state index contributed by atoms with van der Waals surface area (Å²) in [6.45, 7) is 1.84. The van der Waals surface area contributed by atoms with Crippen LogP contribution in [0.1, 0.15) is 27.0 Å². The molecule has 3 aromatic carbocycles. The molecule has 0 bridgehead atoms. The number of hydrogen-bond donors (Lipinski definition) is 1. The van der Waals surface area contributed by atoms with Crippen LogP contribution in [0.2, 0.25) is 0 Å². The largest absolute Gasteiger partial charge is 0.416 e. The second-order valence-corrected chi connectivity index (χ2v) is 8.52. The highest BCUT2D eigenvalue weighted by molar-refractivity contribution is 14.1. The number of nitrogens with zero attached hydrogens (tertiary/aromatic N) is 1. The average molecular weight is 522 g/mol. The molecule has 0 atom stereocenters. The van der Waals surface area contributed by atoms with E-state index >= 15 is 0 Å². The number of nitrogens with one attached hydrogen (secondary N) is 1. The SMILES string of the molecule is O=C(Nc1ccc2c(c1)CCN(I)C2)c1ccccc1-c1ccc(C(F)(F)F)cc1. The van der Waals surface area contributed by atoms with Gasteiger partial charge < -0.3 is 5.32 Å². The van der Waals surface area contributed by atoms with Crippen LogP contribution >= 0.6 is 22.9 Å². The monoisotopic (exact) mass is 522 g/mol. The third-order valence-corrected chi connectivity index (χ3v) is 5.95. The minimum Gasteiger partial charge on any atom is -0.322 e. The summed E-state index contributed by atoms with van der Waals surface area (Å²) in [5, 5.41) is 2.93. The van der Waals surface area contributed by atoms with Gasteiger partial charge in [0.25, 0.3) is 5.91 Å². The summed E-state index contributed by atoms with van der Waals surface area (Å²) >= 11 is 2.31. The molecular weight excluding hydrogens is 504 g/mol. The minimum atomic E-state index is -4.39. The van der Waals surface area contributed by atoms with Crippen LogP contribution in [0.4, 0.5) is 18.9 Å². The first-order valence-corrected chi connectivity index (χ1v) is 10.4.